The standard InChI is InChI=1S/C26H30N4O4S/c1-34-23-12-6-5-11-22(23)25(31)28-19-26(20-9-3-2-4-10-20)16-14-21(15-17-26)29-35(32,33)30-24-13-7-8-18-27-24/h2-13,18,21,29H,14-17,19H2,1H3,(H,27,30)(H,28,31). The van der Waals surface area contributed by atoms with Crippen LogP contribution in [-0.4, -0.2) is 39.0 Å². The largest absolute Gasteiger partial charge is 0.496 e. The van der Waals surface area contributed by atoms with Crippen molar-refractivity contribution < 1.29 is 17.9 Å². The van der Waals surface area contributed by atoms with E-state index in [1.807, 2.05) is 24.3 Å². The maximum atomic E-state index is 13.0. The number of hydrogen-bond donors (Lipinski definition) is 3. The lowest BCUT2D eigenvalue weighted by Crippen LogP contribution is -2.48. The van der Waals surface area contributed by atoms with E-state index < -0.39 is 10.2 Å². The fourth-order valence-electron chi connectivity index (χ4n) is 4.63. The number of aromatic nitrogens is 1. The minimum absolute atomic E-state index is 0.194. The number of benzene rings is 2. The van der Waals surface area contributed by atoms with Crippen molar-refractivity contribution in [1.29, 1.82) is 0 Å². The van der Waals surface area contributed by atoms with E-state index in [0.717, 1.165) is 18.4 Å². The first-order chi connectivity index (χ1) is 16.9. The summed E-state index contributed by atoms with van der Waals surface area (Å²) in [4.78, 5) is 17.0. The summed E-state index contributed by atoms with van der Waals surface area (Å²) in [5.74, 6) is 0.603. The lowest BCUT2D eigenvalue weighted by atomic mass is 9.68. The Morgan fingerprint density at radius 2 is 1.69 bits per heavy atom. The summed E-state index contributed by atoms with van der Waals surface area (Å²) in [6, 6.07) is 22.1. The Kier molecular flexibility index (Phi) is 7.67. The van der Waals surface area contributed by atoms with Gasteiger partial charge in [-0.15, -0.1) is 0 Å². The first kappa shape index (κ1) is 24.7. The van der Waals surface area contributed by atoms with Crippen molar-refractivity contribution in [3.8, 4) is 5.75 Å². The average molecular weight is 495 g/mol. The summed E-state index contributed by atoms with van der Waals surface area (Å²) in [5.41, 5.74) is 1.32. The van der Waals surface area contributed by atoms with E-state index in [1.165, 1.54) is 6.20 Å². The van der Waals surface area contributed by atoms with Gasteiger partial charge in [0.15, 0.2) is 0 Å². The van der Waals surface area contributed by atoms with E-state index in [1.54, 1.807) is 43.5 Å². The minimum atomic E-state index is -3.75. The second-order valence-corrected chi connectivity index (χ2v) is 10.2. The van der Waals surface area contributed by atoms with Crippen molar-refractivity contribution in [3.63, 3.8) is 0 Å². The maximum Gasteiger partial charge on any atom is 0.300 e. The molecule has 1 saturated carbocycles. The molecule has 0 aliphatic heterocycles. The van der Waals surface area contributed by atoms with Gasteiger partial charge in [-0.05, 0) is 55.5 Å². The quantitative estimate of drug-likeness (QED) is 0.421. The predicted molar refractivity (Wildman–Crippen MR) is 136 cm³/mol. The molecule has 1 aromatic heterocycles. The van der Waals surface area contributed by atoms with Crippen molar-refractivity contribution in [3.05, 3.63) is 90.1 Å². The summed E-state index contributed by atoms with van der Waals surface area (Å²) >= 11 is 0. The molecule has 35 heavy (non-hydrogen) atoms. The molecule has 1 fully saturated rings. The van der Waals surface area contributed by atoms with E-state index in [-0.39, 0.29) is 23.2 Å². The molecule has 1 aliphatic rings. The molecule has 2 aromatic carbocycles. The molecular weight excluding hydrogens is 464 g/mol. The second-order valence-electron chi connectivity index (χ2n) is 8.74. The van der Waals surface area contributed by atoms with Gasteiger partial charge in [0.2, 0.25) is 0 Å². The van der Waals surface area contributed by atoms with Crippen LogP contribution in [-0.2, 0) is 15.6 Å². The van der Waals surface area contributed by atoms with Crippen LogP contribution in [0.1, 0.15) is 41.6 Å². The molecule has 1 amide bonds. The van der Waals surface area contributed by atoms with Gasteiger partial charge in [0, 0.05) is 24.2 Å². The predicted octanol–water partition coefficient (Wildman–Crippen LogP) is 3.65. The first-order valence-corrected chi connectivity index (χ1v) is 13.1. The third-order valence-electron chi connectivity index (χ3n) is 6.49. The zero-order valence-corrected chi connectivity index (χ0v) is 20.4. The van der Waals surface area contributed by atoms with E-state index in [0.29, 0.717) is 30.7 Å². The van der Waals surface area contributed by atoms with Crippen LogP contribution in [0.4, 0.5) is 5.82 Å². The maximum absolute atomic E-state index is 13.0. The van der Waals surface area contributed by atoms with Gasteiger partial charge in [0.1, 0.15) is 11.6 Å². The van der Waals surface area contributed by atoms with Crippen LogP contribution in [0.2, 0.25) is 0 Å². The molecule has 3 aromatic rings. The highest BCUT2D eigenvalue weighted by atomic mass is 32.2. The lowest BCUT2D eigenvalue weighted by Gasteiger charge is -2.41. The fraction of sp³-hybridized carbons (Fsp3) is 0.308. The highest BCUT2D eigenvalue weighted by Crippen LogP contribution is 2.39. The summed E-state index contributed by atoms with van der Waals surface area (Å²) in [6.45, 7) is 0.444. The van der Waals surface area contributed by atoms with E-state index in [2.05, 4.69) is 31.9 Å². The van der Waals surface area contributed by atoms with Crippen LogP contribution in [0.3, 0.4) is 0 Å². The van der Waals surface area contributed by atoms with Gasteiger partial charge >= 0.3 is 10.2 Å². The molecule has 0 unspecified atom stereocenters. The van der Waals surface area contributed by atoms with Crippen LogP contribution in [0.5, 0.6) is 5.75 Å². The SMILES string of the molecule is COc1ccccc1C(=O)NCC1(c2ccccc2)CCC(NS(=O)(=O)Nc2ccccn2)CC1. The van der Waals surface area contributed by atoms with Gasteiger partial charge in [-0.1, -0.05) is 48.5 Å². The van der Waals surface area contributed by atoms with Gasteiger partial charge in [0.25, 0.3) is 5.91 Å². The average Bonchev–Trinajstić information content (AvgIpc) is 2.89. The molecule has 1 heterocycles. The number of hydrogen-bond acceptors (Lipinski definition) is 5. The van der Waals surface area contributed by atoms with Crippen LogP contribution in [0.15, 0.2) is 79.0 Å². The van der Waals surface area contributed by atoms with Crippen molar-refractivity contribution in [2.75, 3.05) is 18.4 Å². The van der Waals surface area contributed by atoms with Crippen LogP contribution in [0, 0.1) is 0 Å². The third-order valence-corrected chi connectivity index (χ3v) is 7.61. The van der Waals surface area contributed by atoms with E-state index in [4.69, 9.17) is 4.74 Å². The second kappa shape index (κ2) is 10.9. The topological polar surface area (TPSA) is 109 Å². The molecular formula is C26H30N4O4S. The number of carbonyl (C=O) groups is 1. The summed E-state index contributed by atoms with van der Waals surface area (Å²) in [6.07, 6.45) is 4.26. The molecule has 0 radical (unpaired) electrons. The van der Waals surface area contributed by atoms with E-state index in [9.17, 15) is 13.2 Å². The zero-order chi connectivity index (χ0) is 24.7. The van der Waals surface area contributed by atoms with Gasteiger partial charge in [-0.2, -0.15) is 13.1 Å². The molecule has 1 aliphatic carbocycles. The monoisotopic (exact) mass is 494 g/mol. The van der Waals surface area contributed by atoms with Gasteiger partial charge < -0.3 is 10.1 Å². The Hall–Kier alpha value is -3.43. The van der Waals surface area contributed by atoms with Crippen LogP contribution < -0.4 is 19.5 Å². The number of nitrogens with zero attached hydrogens (tertiary/aromatic N) is 1. The Balaban J connectivity index is 1.44. The Morgan fingerprint density at radius 1 is 1.00 bits per heavy atom. The van der Waals surface area contributed by atoms with Crippen molar-refractivity contribution >= 4 is 21.9 Å². The molecule has 8 nitrogen and oxygen atoms in total. The summed E-state index contributed by atoms with van der Waals surface area (Å²) in [7, 11) is -2.21. The van der Waals surface area contributed by atoms with Crippen LogP contribution >= 0.6 is 0 Å². The number of amides is 1. The highest BCUT2D eigenvalue weighted by molar-refractivity contribution is 7.90. The molecule has 0 atom stereocenters. The first-order valence-electron chi connectivity index (χ1n) is 11.6. The number of pyridine rings is 1. The number of para-hydroxylation sites is 1. The highest BCUT2D eigenvalue weighted by Gasteiger charge is 2.38. The van der Waals surface area contributed by atoms with Crippen molar-refractivity contribution in [2.24, 2.45) is 0 Å². The molecule has 0 spiro atoms. The number of methoxy groups -OCH3 is 1. The number of carbonyl (C=O) groups excluding carboxylic acids is 1. The Labute approximate surface area is 206 Å². The number of anilines is 1. The normalized spacial score (nSPS) is 20.1. The molecule has 9 heteroatoms. The van der Waals surface area contributed by atoms with Crippen LogP contribution in [0.25, 0.3) is 0 Å². The zero-order valence-electron chi connectivity index (χ0n) is 19.6. The van der Waals surface area contributed by atoms with Crippen molar-refractivity contribution in [2.45, 2.75) is 37.1 Å². The molecule has 3 N–H and O–H groups in total. The fourth-order valence-corrected chi connectivity index (χ4v) is 5.76. The summed E-state index contributed by atoms with van der Waals surface area (Å²) < 4.78 is 35.8. The van der Waals surface area contributed by atoms with Crippen molar-refractivity contribution in [1.82, 2.24) is 15.0 Å². The number of rotatable bonds is 9. The lowest BCUT2D eigenvalue weighted by molar-refractivity contribution is 0.0932. The van der Waals surface area contributed by atoms with Gasteiger partial charge in [0.05, 0.1) is 12.7 Å². The smallest absolute Gasteiger partial charge is 0.300 e. The molecule has 4 rings (SSSR count). The minimum Gasteiger partial charge on any atom is -0.496 e. The molecule has 0 bridgehead atoms. The Morgan fingerprint density at radius 3 is 2.37 bits per heavy atom. The molecule has 184 valence electrons. The summed E-state index contributed by atoms with van der Waals surface area (Å²) in [5, 5.41) is 3.10. The van der Waals surface area contributed by atoms with E-state index >= 15 is 0 Å². The van der Waals surface area contributed by atoms with Gasteiger partial charge in [-0.3, -0.25) is 9.52 Å². The third kappa shape index (κ3) is 6.17. The number of ether oxygens (including phenoxy) is 1. The molecule has 0 saturated heterocycles. The van der Waals surface area contributed by atoms with Gasteiger partial charge in [-0.25, -0.2) is 4.98 Å². The number of nitrogens with one attached hydrogen (secondary N) is 3. The Bertz CT molecular complexity index is 1230.